The Balaban J connectivity index is 2.77. The summed E-state index contributed by atoms with van der Waals surface area (Å²) in [6, 6.07) is 1.83. The van der Waals surface area contributed by atoms with Gasteiger partial charge in [-0.1, -0.05) is 6.08 Å². The van der Waals surface area contributed by atoms with E-state index in [4.69, 9.17) is 9.84 Å². The van der Waals surface area contributed by atoms with E-state index in [0.29, 0.717) is 17.9 Å². The average molecular weight is 240 g/mol. The summed E-state index contributed by atoms with van der Waals surface area (Å²) < 4.78 is 4.93. The molecule has 88 valence electrons. The van der Waals surface area contributed by atoms with E-state index in [-0.39, 0.29) is 12.6 Å². The molecule has 0 aliphatic carbocycles. The molecule has 0 fully saturated rings. The standard InChI is InChI=1S/C12H16O3S/c1-3-15-12(14)11-8-9(2)10(16-11)6-4-5-7-13/h4,6,8,13H,3,5,7H2,1-2H3/b6-4+. The second kappa shape index (κ2) is 6.45. The lowest BCUT2D eigenvalue weighted by Gasteiger charge is -1.96. The largest absolute Gasteiger partial charge is 0.462 e. The maximum absolute atomic E-state index is 11.5. The number of hydrogen-bond donors (Lipinski definition) is 1. The van der Waals surface area contributed by atoms with Gasteiger partial charge in [0, 0.05) is 11.5 Å². The number of carbonyl (C=O) groups excluding carboxylic acids is 1. The van der Waals surface area contributed by atoms with Gasteiger partial charge in [0.25, 0.3) is 0 Å². The van der Waals surface area contributed by atoms with Gasteiger partial charge in [0.2, 0.25) is 0 Å². The molecule has 1 aromatic rings. The van der Waals surface area contributed by atoms with E-state index in [2.05, 4.69) is 0 Å². The van der Waals surface area contributed by atoms with Crippen molar-refractivity contribution in [3.63, 3.8) is 0 Å². The van der Waals surface area contributed by atoms with E-state index in [1.165, 1.54) is 11.3 Å². The molecular weight excluding hydrogens is 224 g/mol. The van der Waals surface area contributed by atoms with Gasteiger partial charge in [0.15, 0.2) is 0 Å². The summed E-state index contributed by atoms with van der Waals surface area (Å²) in [5, 5.41) is 8.66. The summed E-state index contributed by atoms with van der Waals surface area (Å²) in [6.07, 6.45) is 4.46. The predicted octanol–water partition coefficient (Wildman–Crippen LogP) is 2.63. The van der Waals surface area contributed by atoms with Crippen molar-refractivity contribution in [2.24, 2.45) is 0 Å². The highest BCUT2D eigenvalue weighted by atomic mass is 32.1. The number of rotatable bonds is 5. The zero-order chi connectivity index (χ0) is 12.0. The highest BCUT2D eigenvalue weighted by molar-refractivity contribution is 7.15. The second-order valence-corrected chi connectivity index (χ2v) is 4.38. The first-order valence-corrected chi connectivity index (χ1v) is 6.05. The Kier molecular flexibility index (Phi) is 5.22. The number of carbonyl (C=O) groups is 1. The number of esters is 1. The van der Waals surface area contributed by atoms with Crippen LogP contribution in [0.2, 0.25) is 0 Å². The number of hydrogen-bond acceptors (Lipinski definition) is 4. The van der Waals surface area contributed by atoms with Gasteiger partial charge in [-0.3, -0.25) is 0 Å². The van der Waals surface area contributed by atoms with Crippen LogP contribution in [-0.4, -0.2) is 24.3 Å². The fraction of sp³-hybridized carbons (Fsp3) is 0.417. The van der Waals surface area contributed by atoms with Crippen LogP contribution in [0.25, 0.3) is 6.08 Å². The van der Waals surface area contributed by atoms with E-state index < -0.39 is 0 Å². The van der Waals surface area contributed by atoms with Crippen molar-refractivity contribution >= 4 is 23.4 Å². The molecule has 1 aromatic heterocycles. The summed E-state index contributed by atoms with van der Waals surface area (Å²) in [6.45, 7) is 4.29. The first-order valence-electron chi connectivity index (χ1n) is 5.24. The number of aliphatic hydroxyl groups is 1. The monoisotopic (exact) mass is 240 g/mol. The molecule has 0 unspecified atom stereocenters. The molecule has 1 rings (SSSR count). The van der Waals surface area contributed by atoms with Gasteiger partial charge in [-0.25, -0.2) is 4.79 Å². The average Bonchev–Trinajstić information content (AvgIpc) is 2.61. The van der Waals surface area contributed by atoms with Crippen LogP contribution in [0.3, 0.4) is 0 Å². The summed E-state index contributed by atoms with van der Waals surface area (Å²) >= 11 is 1.42. The van der Waals surface area contributed by atoms with E-state index >= 15 is 0 Å². The van der Waals surface area contributed by atoms with Crippen molar-refractivity contribution < 1.29 is 14.6 Å². The third-order valence-electron chi connectivity index (χ3n) is 2.00. The zero-order valence-corrected chi connectivity index (χ0v) is 10.3. The van der Waals surface area contributed by atoms with Gasteiger partial charge < -0.3 is 9.84 Å². The number of thiophene rings is 1. The quantitative estimate of drug-likeness (QED) is 0.805. The van der Waals surface area contributed by atoms with Crippen molar-refractivity contribution in [1.82, 2.24) is 0 Å². The van der Waals surface area contributed by atoms with Gasteiger partial charge in [-0.05, 0) is 38.0 Å². The lowest BCUT2D eigenvalue weighted by Crippen LogP contribution is -2.01. The number of ether oxygens (including phenoxy) is 1. The SMILES string of the molecule is CCOC(=O)c1cc(C)c(/C=C/CCO)s1. The van der Waals surface area contributed by atoms with Crippen LogP contribution in [0.15, 0.2) is 12.1 Å². The van der Waals surface area contributed by atoms with Crippen molar-refractivity contribution in [3.05, 3.63) is 27.5 Å². The highest BCUT2D eigenvalue weighted by Gasteiger charge is 2.11. The normalized spacial score (nSPS) is 10.9. The molecule has 0 spiro atoms. The Morgan fingerprint density at radius 2 is 2.38 bits per heavy atom. The minimum Gasteiger partial charge on any atom is -0.462 e. The summed E-state index contributed by atoms with van der Waals surface area (Å²) in [4.78, 5) is 13.1. The Bertz CT molecular complexity index is 380. The molecule has 1 heterocycles. The van der Waals surface area contributed by atoms with E-state index in [1.54, 1.807) is 6.92 Å². The number of aryl methyl sites for hydroxylation is 1. The summed E-state index contributed by atoms with van der Waals surface area (Å²) in [7, 11) is 0. The number of aliphatic hydroxyl groups excluding tert-OH is 1. The molecule has 0 aliphatic rings. The molecule has 0 aliphatic heterocycles. The van der Waals surface area contributed by atoms with Gasteiger partial charge in [0.05, 0.1) is 6.61 Å². The van der Waals surface area contributed by atoms with Crippen LogP contribution in [0.5, 0.6) is 0 Å². The summed E-state index contributed by atoms with van der Waals surface area (Å²) in [5.41, 5.74) is 1.06. The van der Waals surface area contributed by atoms with Crippen LogP contribution in [0.4, 0.5) is 0 Å². The van der Waals surface area contributed by atoms with Crippen molar-refractivity contribution in [2.75, 3.05) is 13.2 Å². The third kappa shape index (κ3) is 3.47. The molecule has 0 radical (unpaired) electrons. The van der Waals surface area contributed by atoms with Crippen LogP contribution in [0, 0.1) is 6.92 Å². The molecule has 0 atom stereocenters. The van der Waals surface area contributed by atoms with Crippen LogP contribution >= 0.6 is 11.3 Å². The van der Waals surface area contributed by atoms with E-state index in [9.17, 15) is 4.79 Å². The molecule has 0 saturated carbocycles. The summed E-state index contributed by atoms with van der Waals surface area (Å²) in [5.74, 6) is -0.266. The van der Waals surface area contributed by atoms with Gasteiger partial charge >= 0.3 is 5.97 Å². The molecule has 0 amide bonds. The Morgan fingerprint density at radius 3 is 3.00 bits per heavy atom. The molecular formula is C12H16O3S. The molecule has 0 aromatic carbocycles. The Hall–Kier alpha value is -1.13. The molecule has 3 nitrogen and oxygen atoms in total. The molecule has 4 heteroatoms. The maximum atomic E-state index is 11.5. The van der Waals surface area contributed by atoms with Crippen molar-refractivity contribution in [3.8, 4) is 0 Å². The second-order valence-electron chi connectivity index (χ2n) is 3.29. The maximum Gasteiger partial charge on any atom is 0.348 e. The minimum atomic E-state index is -0.266. The predicted molar refractivity (Wildman–Crippen MR) is 65.7 cm³/mol. The van der Waals surface area contributed by atoms with Crippen LogP contribution < -0.4 is 0 Å². The van der Waals surface area contributed by atoms with E-state index in [0.717, 1.165) is 10.4 Å². The lowest BCUT2D eigenvalue weighted by atomic mass is 10.2. The van der Waals surface area contributed by atoms with Gasteiger partial charge in [-0.15, -0.1) is 11.3 Å². The molecule has 0 saturated heterocycles. The fourth-order valence-electron chi connectivity index (χ4n) is 1.23. The van der Waals surface area contributed by atoms with Crippen molar-refractivity contribution in [1.29, 1.82) is 0 Å². The molecule has 1 N–H and O–H groups in total. The zero-order valence-electron chi connectivity index (χ0n) is 9.53. The third-order valence-corrected chi connectivity index (χ3v) is 3.18. The van der Waals surface area contributed by atoms with E-state index in [1.807, 2.05) is 25.1 Å². The first-order chi connectivity index (χ1) is 7.69. The molecule has 0 bridgehead atoms. The van der Waals surface area contributed by atoms with Crippen LogP contribution in [-0.2, 0) is 4.74 Å². The molecule has 16 heavy (non-hydrogen) atoms. The smallest absolute Gasteiger partial charge is 0.348 e. The lowest BCUT2D eigenvalue weighted by molar-refractivity contribution is 0.0532. The Morgan fingerprint density at radius 1 is 1.62 bits per heavy atom. The minimum absolute atomic E-state index is 0.145. The van der Waals surface area contributed by atoms with Crippen LogP contribution in [0.1, 0.15) is 33.5 Å². The van der Waals surface area contributed by atoms with Gasteiger partial charge in [-0.2, -0.15) is 0 Å². The van der Waals surface area contributed by atoms with Gasteiger partial charge in [0.1, 0.15) is 4.88 Å². The Labute approximate surface area is 99.4 Å². The van der Waals surface area contributed by atoms with Crippen molar-refractivity contribution in [2.45, 2.75) is 20.3 Å². The highest BCUT2D eigenvalue weighted by Crippen LogP contribution is 2.24. The fourth-order valence-corrected chi connectivity index (χ4v) is 2.23. The first kappa shape index (κ1) is 12.9. The topological polar surface area (TPSA) is 46.5 Å².